The molecule has 0 radical (unpaired) electrons. The van der Waals surface area contributed by atoms with Crippen LogP contribution in [-0.2, 0) is 11.3 Å². The molecule has 0 atom stereocenters. The Bertz CT molecular complexity index is 412. The van der Waals surface area contributed by atoms with Crippen molar-refractivity contribution in [1.82, 2.24) is 15.2 Å². The van der Waals surface area contributed by atoms with Gasteiger partial charge in [0.25, 0.3) is 11.5 Å². The van der Waals surface area contributed by atoms with E-state index >= 15 is 0 Å². The van der Waals surface area contributed by atoms with E-state index in [1.807, 2.05) is 5.43 Å². The zero-order chi connectivity index (χ0) is 11.4. The van der Waals surface area contributed by atoms with Gasteiger partial charge in [-0.2, -0.15) is 5.10 Å². The smallest absolute Gasteiger partial charge is 0.269 e. The average Bonchev–Trinajstić information content (AvgIpc) is 2.20. The van der Waals surface area contributed by atoms with Gasteiger partial charge in [0, 0.05) is 20.2 Å². The van der Waals surface area contributed by atoms with Gasteiger partial charge >= 0.3 is 0 Å². The number of hydrogen-bond acceptors (Lipinski definition) is 5. The third-order valence-electron chi connectivity index (χ3n) is 1.83. The molecule has 7 heteroatoms. The highest BCUT2D eigenvalue weighted by atomic mass is 16.2. The van der Waals surface area contributed by atoms with E-state index in [0.717, 1.165) is 4.68 Å². The third kappa shape index (κ3) is 2.78. The summed E-state index contributed by atoms with van der Waals surface area (Å²) in [6, 6.07) is 1.40. The van der Waals surface area contributed by atoms with E-state index in [9.17, 15) is 9.59 Å². The predicted molar refractivity (Wildman–Crippen MR) is 55.2 cm³/mol. The summed E-state index contributed by atoms with van der Waals surface area (Å²) >= 11 is 0. The third-order valence-corrected chi connectivity index (χ3v) is 1.83. The number of rotatable bonds is 3. The minimum atomic E-state index is -0.470. The molecule has 0 unspecified atom stereocenters. The molecule has 3 N–H and O–H groups in total. The Morgan fingerprint density at radius 3 is 2.80 bits per heavy atom. The number of nitrogens with two attached hydrogens (primary N) is 1. The molecule has 0 spiro atoms. The number of carbonyl (C=O) groups is 1. The lowest BCUT2D eigenvalue weighted by atomic mass is 10.4. The summed E-state index contributed by atoms with van der Waals surface area (Å²) < 4.78 is 1.04. The first-order valence-corrected chi connectivity index (χ1v) is 4.28. The van der Waals surface area contributed by atoms with Crippen LogP contribution in [0, 0.1) is 0 Å². The minimum absolute atomic E-state index is 0.178. The van der Waals surface area contributed by atoms with E-state index in [1.54, 1.807) is 19.0 Å². The summed E-state index contributed by atoms with van der Waals surface area (Å²) in [4.78, 5) is 24.1. The van der Waals surface area contributed by atoms with Crippen molar-refractivity contribution in [2.45, 2.75) is 6.54 Å². The van der Waals surface area contributed by atoms with Gasteiger partial charge in [-0.05, 0) is 0 Å². The summed E-state index contributed by atoms with van der Waals surface area (Å²) in [5, 5.41) is 3.83. The molecule has 1 aromatic rings. The molecule has 1 heterocycles. The molecule has 1 amide bonds. The van der Waals surface area contributed by atoms with Crippen molar-refractivity contribution in [3.8, 4) is 0 Å². The highest BCUT2D eigenvalue weighted by Crippen LogP contribution is 2.02. The zero-order valence-corrected chi connectivity index (χ0v) is 8.60. The van der Waals surface area contributed by atoms with Crippen LogP contribution >= 0.6 is 0 Å². The number of carbonyl (C=O) groups excluding carboxylic acids is 1. The SMILES string of the molecule is CN(C)c1cnn(CC(=O)NN)c(=O)c1. The maximum absolute atomic E-state index is 11.4. The fraction of sp³-hybridized carbons (Fsp3) is 0.375. The highest BCUT2D eigenvalue weighted by Gasteiger charge is 2.05. The molecule has 15 heavy (non-hydrogen) atoms. The van der Waals surface area contributed by atoms with Crippen molar-refractivity contribution in [2.24, 2.45) is 5.84 Å². The Morgan fingerprint density at radius 1 is 1.67 bits per heavy atom. The van der Waals surface area contributed by atoms with Gasteiger partial charge in [0.1, 0.15) is 6.54 Å². The second-order valence-corrected chi connectivity index (χ2v) is 3.17. The molecule has 0 aromatic carbocycles. The van der Waals surface area contributed by atoms with E-state index in [-0.39, 0.29) is 12.1 Å². The number of hydrazine groups is 1. The fourth-order valence-corrected chi connectivity index (χ4v) is 0.969. The first-order chi connectivity index (χ1) is 7.04. The molecular weight excluding hydrogens is 198 g/mol. The zero-order valence-electron chi connectivity index (χ0n) is 8.60. The van der Waals surface area contributed by atoms with Crippen molar-refractivity contribution in [1.29, 1.82) is 0 Å². The van der Waals surface area contributed by atoms with Crippen molar-refractivity contribution in [3.63, 3.8) is 0 Å². The van der Waals surface area contributed by atoms with E-state index in [2.05, 4.69) is 5.10 Å². The lowest BCUT2D eigenvalue weighted by molar-refractivity contribution is -0.122. The van der Waals surface area contributed by atoms with E-state index in [1.165, 1.54) is 12.3 Å². The molecule has 82 valence electrons. The van der Waals surface area contributed by atoms with E-state index in [0.29, 0.717) is 5.69 Å². The van der Waals surface area contributed by atoms with Crippen LogP contribution in [0.15, 0.2) is 17.1 Å². The number of nitrogens with zero attached hydrogens (tertiary/aromatic N) is 3. The maximum Gasteiger partial charge on any atom is 0.269 e. The molecule has 1 aromatic heterocycles. The van der Waals surface area contributed by atoms with E-state index in [4.69, 9.17) is 5.84 Å². The normalized spacial score (nSPS) is 9.80. The van der Waals surface area contributed by atoms with Crippen LogP contribution in [0.3, 0.4) is 0 Å². The summed E-state index contributed by atoms with van der Waals surface area (Å²) in [6.07, 6.45) is 1.51. The number of anilines is 1. The van der Waals surface area contributed by atoms with Crippen molar-refractivity contribution in [2.75, 3.05) is 19.0 Å². The summed E-state index contributed by atoms with van der Waals surface area (Å²) in [5.41, 5.74) is 2.27. The molecule has 0 saturated carbocycles. The van der Waals surface area contributed by atoms with Crippen molar-refractivity contribution in [3.05, 3.63) is 22.6 Å². The van der Waals surface area contributed by atoms with Crippen LogP contribution in [0.5, 0.6) is 0 Å². The number of hydrogen-bond donors (Lipinski definition) is 2. The first-order valence-electron chi connectivity index (χ1n) is 4.28. The molecule has 0 bridgehead atoms. The van der Waals surface area contributed by atoms with Gasteiger partial charge in [0.05, 0.1) is 11.9 Å². The number of amides is 1. The van der Waals surface area contributed by atoms with Crippen LogP contribution in [0.4, 0.5) is 5.69 Å². The molecule has 0 saturated heterocycles. The van der Waals surface area contributed by atoms with Crippen molar-refractivity contribution >= 4 is 11.6 Å². The summed E-state index contributed by atoms with van der Waals surface area (Å²) in [6.45, 7) is -0.178. The van der Waals surface area contributed by atoms with Gasteiger partial charge in [-0.15, -0.1) is 0 Å². The van der Waals surface area contributed by atoms with Gasteiger partial charge in [0.2, 0.25) is 0 Å². The number of aromatic nitrogens is 2. The van der Waals surface area contributed by atoms with Crippen LogP contribution in [0.25, 0.3) is 0 Å². The molecule has 0 aliphatic carbocycles. The van der Waals surface area contributed by atoms with Crippen LogP contribution in [0.2, 0.25) is 0 Å². The first kappa shape index (κ1) is 11.2. The van der Waals surface area contributed by atoms with Gasteiger partial charge in [-0.1, -0.05) is 0 Å². The Balaban J connectivity index is 2.94. The van der Waals surface area contributed by atoms with E-state index < -0.39 is 5.91 Å². The molecule has 0 aliphatic rings. The molecule has 7 nitrogen and oxygen atoms in total. The van der Waals surface area contributed by atoms with Crippen molar-refractivity contribution < 1.29 is 4.79 Å². The molecule has 0 fully saturated rings. The molecule has 1 rings (SSSR count). The Hall–Kier alpha value is -1.89. The average molecular weight is 211 g/mol. The molecule has 0 aliphatic heterocycles. The Morgan fingerprint density at radius 2 is 2.33 bits per heavy atom. The quantitative estimate of drug-likeness (QED) is 0.353. The predicted octanol–water partition coefficient (Wildman–Crippen LogP) is -1.70. The minimum Gasteiger partial charge on any atom is -0.376 e. The van der Waals surface area contributed by atoms with Gasteiger partial charge in [-0.3, -0.25) is 15.0 Å². The second-order valence-electron chi connectivity index (χ2n) is 3.17. The Kier molecular flexibility index (Phi) is 3.40. The largest absolute Gasteiger partial charge is 0.376 e. The summed E-state index contributed by atoms with van der Waals surface area (Å²) in [7, 11) is 3.60. The standard InChI is InChI=1S/C8H13N5O2/c1-12(2)6-3-8(15)13(10-4-6)5-7(14)11-9/h3-4H,5,9H2,1-2H3,(H,11,14). The second kappa shape index (κ2) is 4.56. The van der Waals surface area contributed by atoms with Gasteiger partial charge in [0.15, 0.2) is 0 Å². The highest BCUT2D eigenvalue weighted by molar-refractivity contribution is 5.74. The maximum atomic E-state index is 11.4. The Labute approximate surface area is 86.5 Å². The topological polar surface area (TPSA) is 93.2 Å². The van der Waals surface area contributed by atoms with Crippen LogP contribution in [-0.4, -0.2) is 29.8 Å². The monoisotopic (exact) mass is 211 g/mol. The number of nitrogens with one attached hydrogen (secondary N) is 1. The fourth-order valence-electron chi connectivity index (χ4n) is 0.969. The lowest BCUT2D eigenvalue weighted by Crippen LogP contribution is -2.37. The lowest BCUT2D eigenvalue weighted by Gasteiger charge is -2.11. The van der Waals surface area contributed by atoms with Gasteiger partial charge < -0.3 is 4.90 Å². The summed E-state index contributed by atoms with van der Waals surface area (Å²) in [5.74, 6) is 4.43. The van der Waals surface area contributed by atoms with Crippen LogP contribution in [0.1, 0.15) is 0 Å². The van der Waals surface area contributed by atoms with Crippen LogP contribution < -0.4 is 21.7 Å². The molecular formula is C8H13N5O2. The van der Waals surface area contributed by atoms with Gasteiger partial charge in [-0.25, -0.2) is 10.5 Å².